The normalized spacial score (nSPS) is 24.6. The van der Waals surface area contributed by atoms with E-state index in [9.17, 15) is 18.0 Å². The summed E-state index contributed by atoms with van der Waals surface area (Å²) in [6.45, 7) is 0.877. The summed E-state index contributed by atoms with van der Waals surface area (Å²) in [6, 6.07) is 0. The number of likely N-dealkylation sites (tertiary alicyclic amines) is 1. The average molecular weight is 303 g/mol. The highest BCUT2D eigenvalue weighted by molar-refractivity contribution is 7.87. The molecular weight excluding hydrogens is 282 g/mol. The Bertz CT molecular complexity index is 491. The molecule has 0 unspecified atom stereocenters. The summed E-state index contributed by atoms with van der Waals surface area (Å²) in [7, 11) is -2.22. The number of hydrogen-bond donors (Lipinski definition) is 0. The highest BCUT2D eigenvalue weighted by atomic mass is 32.2. The summed E-state index contributed by atoms with van der Waals surface area (Å²) >= 11 is 0. The number of likely N-dealkylation sites (N-methyl/N-ethyl adjacent to an activating group) is 1. The van der Waals surface area contributed by atoms with Gasteiger partial charge in [-0.2, -0.15) is 12.7 Å². The number of carbonyl (C=O) groups is 2. The van der Waals surface area contributed by atoms with E-state index in [-0.39, 0.29) is 19.0 Å². The highest BCUT2D eigenvalue weighted by Crippen LogP contribution is 2.16. The molecule has 2 saturated heterocycles. The molecule has 2 aliphatic heterocycles. The average Bonchev–Trinajstić information content (AvgIpc) is 2.64. The molecule has 0 aliphatic carbocycles. The van der Waals surface area contributed by atoms with Crippen molar-refractivity contribution in [2.24, 2.45) is 0 Å². The standard InChI is InChI=1S/C12H21N3O4S/c1-13-8-9-15(20(13,18)19)12(17)10-14-7-5-3-2-4-6-11(14)16/h2-10H2,1H3. The first kappa shape index (κ1) is 15.2. The van der Waals surface area contributed by atoms with Gasteiger partial charge in [0.05, 0.1) is 6.54 Å². The van der Waals surface area contributed by atoms with Crippen molar-refractivity contribution in [3.05, 3.63) is 0 Å². The first-order chi connectivity index (χ1) is 9.43. The second-order valence-electron chi connectivity index (χ2n) is 5.27. The van der Waals surface area contributed by atoms with Crippen LogP contribution in [0.1, 0.15) is 32.1 Å². The van der Waals surface area contributed by atoms with E-state index < -0.39 is 16.1 Å². The molecule has 2 heterocycles. The van der Waals surface area contributed by atoms with E-state index >= 15 is 0 Å². The summed E-state index contributed by atoms with van der Waals surface area (Å²) in [4.78, 5) is 25.6. The molecule has 7 nitrogen and oxygen atoms in total. The summed E-state index contributed by atoms with van der Waals surface area (Å²) in [5.74, 6) is -0.564. The zero-order valence-corrected chi connectivity index (χ0v) is 12.6. The summed E-state index contributed by atoms with van der Waals surface area (Å²) < 4.78 is 25.8. The first-order valence-corrected chi connectivity index (χ1v) is 8.37. The maximum atomic E-state index is 12.1. The van der Waals surface area contributed by atoms with Crippen LogP contribution in [0.4, 0.5) is 0 Å². The quantitative estimate of drug-likeness (QED) is 0.707. The van der Waals surface area contributed by atoms with Crippen LogP contribution in [0.15, 0.2) is 0 Å². The van der Waals surface area contributed by atoms with Gasteiger partial charge in [-0.15, -0.1) is 0 Å². The Morgan fingerprint density at radius 3 is 2.45 bits per heavy atom. The number of rotatable bonds is 2. The van der Waals surface area contributed by atoms with Crippen molar-refractivity contribution in [2.45, 2.75) is 32.1 Å². The predicted octanol–water partition coefficient (Wildman–Crippen LogP) is -0.202. The number of nitrogens with zero attached hydrogens (tertiary/aromatic N) is 3. The first-order valence-electron chi connectivity index (χ1n) is 6.97. The minimum absolute atomic E-state index is 0.0528. The van der Waals surface area contributed by atoms with E-state index in [4.69, 9.17) is 0 Å². The zero-order valence-electron chi connectivity index (χ0n) is 11.7. The Balaban J connectivity index is 2.01. The lowest BCUT2D eigenvalue weighted by atomic mass is 10.1. The predicted molar refractivity (Wildman–Crippen MR) is 72.9 cm³/mol. The van der Waals surface area contributed by atoms with Gasteiger partial charge in [-0.05, 0) is 12.8 Å². The van der Waals surface area contributed by atoms with Crippen LogP contribution in [0, 0.1) is 0 Å². The van der Waals surface area contributed by atoms with Gasteiger partial charge >= 0.3 is 10.2 Å². The molecule has 0 saturated carbocycles. The summed E-state index contributed by atoms with van der Waals surface area (Å²) in [5.41, 5.74) is 0. The fraction of sp³-hybridized carbons (Fsp3) is 0.833. The molecule has 0 atom stereocenters. The van der Waals surface area contributed by atoms with Gasteiger partial charge in [-0.25, -0.2) is 4.31 Å². The van der Waals surface area contributed by atoms with Crippen LogP contribution in [0.25, 0.3) is 0 Å². The number of carbonyl (C=O) groups excluding carboxylic acids is 2. The minimum Gasteiger partial charge on any atom is -0.333 e. The molecule has 0 aromatic rings. The third kappa shape index (κ3) is 3.12. The van der Waals surface area contributed by atoms with Crippen molar-refractivity contribution in [2.75, 3.05) is 33.2 Å². The van der Waals surface area contributed by atoms with Crippen LogP contribution >= 0.6 is 0 Å². The van der Waals surface area contributed by atoms with Crippen molar-refractivity contribution >= 4 is 22.0 Å². The Hall–Kier alpha value is -1.15. The fourth-order valence-corrected chi connectivity index (χ4v) is 3.78. The van der Waals surface area contributed by atoms with Gasteiger partial charge in [0.1, 0.15) is 6.54 Å². The lowest BCUT2D eigenvalue weighted by Crippen LogP contribution is -2.45. The van der Waals surface area contributed by atoms with Crippen LogP contribution in [0.5, 0.6) is 0 Å². The van der Waals surface area contributed by atoms with E-state index in [0.29, 0.717) is 19.5 Å². The number of amides is 2. The molecule has 0 spiro atoms. The van der Waals surface area contributed by atoms with Crippen LogP contribution in [-0.2, 0) is 19.8 Å². The smallest absolute Gasteiger partial charge is 0.306 e. The molecule has 8 heteroatoms. The highest BCUT2D eigenvalue weighted by Gasteiger charge is 2.38. The maximum Gasteiger partial charge on any atom is 0.306 e. The second kappa shape index (κ2) is 6.09. The summed E-state index contributed by atoms with van der Waals surface area (Å²) in [6.07, 6.45) is 4.24. The molecular formula is C12H21N3O4S. The van der Waals surface area contributed by atoms with Gasteiger partial charge in [0.2, 0.25) is 5.91 Å². The van der Waals surface area contributed by atoms with Gasteiger partial charge in [-0.1, -0.05) is 12.8 Å². The van der Waals surface area contributed by atoms with Crippen molar-refractivity contribution in [3.63, 3.8) is 0 Å². The molecule has 2 aliphatic rings. The summed E-state index contributed by atoms with van der Waals surface area (Å²) in [5, 5.41) is 0. The molecule has 0 bridgehead atoms. The lowest BCUT2D eigenvalue weighted by Gasteiger charge is -2.26. The molecule has 2 rings (SSSR count). The number of hydrogen-bond acceptors (Lipinski definition) is 4. The Morgan fingerprint density at radius 2 is 1.80 bits per heavy atom. The van der Waals surface area contributed by atoms with Crippen LogP contribution in [0.3, 0.4) is 0 Å². The van der Waals surface area contributed by atoms with Crippen LogP contribution in [0.2, 0.25) is 0 Å². The Labute approximate surface area is 119 Å². The monoisotopic (exact) mass is 303 g/mol. The van der Waals surface area contributed by atoms with Gasteiger partial charge in [0, 0.05) is 26.6 Å². The molecule has 2 amide bonds. The minimum atomic E-state index is -3.67. The van der Waals surface area contributed by atoms with Crippen molar-refractivity contribution in [3.8, 4) is 0 Å². The van der Waals surface area contributed by atoms with Crippen LogP contribution in [-0.4, -0.2) is 67.0 Å². The van der Waals surface area contributed by atoms with Crippen molar-refractivity contribution in [1.29, 1.82) is 0 Å². The van der Waals surface area contributed by atoms with Crippen molar-refractivity contribution < 1.29 is 18.0 Å². The molecule has 2 fully saturated rings. The van der Waals surface area contributed by atoms with Gasteiger partial charge in [0.25, 0.3) is 5.91 Å². The molecule has 0 aromatic heterocycles. The largest absolute Gasteiger partial charge is 0.333 e. The zero-order chi connectivity index (χ0) is 14.8. The van der Waals surface area contributed by atoms with Crippen molar-refractivity contribution in [1.82, 2.24) is 13.5 Å². The van der Waals surface area contributed by atoms with Gasteiger partial charge in [0.15, 0.2) is 0 Å². The molecule has 114 valence electrons. The van der Waals surface area contributed by atoms with Gasteiger partial charge in [-0.3, -0.25) is 9.59 Å². The molecule has 0 N–H and O–H groups in total. The molecule has 0 radical (unpaired) electrons. The third-order valence-electron chi connectivity index (χ3n) is 3.82. The molecule has 20 heavy (non-hydrogen) atoms. The Kier molecular flexibility index (Phi) is 4.64. The SMILES string of the molecule is CN1CCN(C(=O)CN2CCCCCCC2=O)S1(=O)=O. The maximum absolute atomic E-state index is 12.1. The third-order valence-corrected chi connectivity index (χ3v) is 5.73. The fourth-order valence-electron chi connectivity index (χ4n) is 2.51. The lowest BCUT2D eigenvalue weighted by molar-refractivity contribution is -0.138. The molecule has 0 aromatic carbocycles. The van der Waals surface area contributed by atoms with E-state index in [2.05, 4.69) is 0 Å². The van der Waals surface area contributed by atoms with E-state index in [0.717, 1.165) is 34.3 Å². The Morgan fingerprint density at radius 1 is 1.10 bits per heavy atom. The van der Waals surface area contributed by atoms with E-state index in [1.54, 1.807) is 0 Å². The van der Waals surface area contributed by atoms with Gasteiger partial charge < -0.3 is 4.90 Å². The van der Waals surface area contributed by atoms with E-state index in [1.807, 2.05) is 0 Å². The van der Waals surface area contributed by atoms with Crippen LogP contribution < -0.4 is 0 Å². The second-order valence-corrected chi connectivity index (χ2v) is 7.23. The topological polar surface area (TPSA) is 78.0 Å². The van der Waals surface area contributed by atoms with E-state index in [1.165, 1.54) is 11.9 Å².